The molecule has 1 heterocycles. The molecule has 10 heteroatoms. The second-order valence-electron chi connectivity index (χ2n) is 7.33. The molecule has 0 spiro atoms. The van der Waals surface area contributed by atoms with Crippen LogP contribution in [-0.2, 0) is 9.59 Å². The fourth-order valence-corrected chi connectivity index (χ4v) is 4.16. The van der Waals surface area contributed by atoms with Crippen LogP contribution >= 0.6 is 46.4 Å². The van der Waals surface area contributed by atoms with Crippen LogP contribution in [0.4, 0.5) is 17.1 Å². The van der Waals surface area contributed by atoms with Crippen LogP contribution in [0.15, 0.2) is 71.4 Å². The number of rotatable bonds is 5. The average molecular weight is 535 g/mol. The summed E-state index contributed by atoms with van der Waals surface area (Å²) in [6.07, 6.45) is 0. The zero-order valence-corrected chi connectivity index (χ0v) is 20.5. The van der Waals surface area contributed by atoms with Gasteiger partial charge in [-0.25, -0.2) is 4.90 Å². The summed E-state index contributed by atoms with van der Waals surface area (Å²) in [6.45, 7) is 1.83. The zero-order chi connectivity index (χ0) is 24.6. The number of carbonyl (C=O) groups is 3. The molecule has 0 radical (unpaired) electrons. The number of hydrogen-bond donors (Lipinski definition) is 2. The second-order valence-corrected chi connectivity index (χ2v) is 8.93. The van der Waals surface area contributed by atoms with Crippen LogP contribution in [-0.4, -0.2) is 17.7 Å². The molecule has 0 fully saturated rings. The molecule has 0 saturated heterocycles. The highest BCUT2D eigenvalue weighted by Crippen LogP contribution is 2.37. The van der Waals surface area contributed by atoms with Gasteiger partial charge in [0.05, 0.1) is 15.7 Å². The summed E-state index contributed by atoms with van der Waals surface area (Å²) in [7, 11) is 0. The van der Waals surface area contributed by atoms with Crippen molar-refractivity contribution in [3.05, 3.63) is 97.6 Å². The topological polar surface area (TPSA) is 78.5 Å². The standard InChI is InChI=1S/C24H15Cl4N3O3/c1-12-10-14(25)8-9-17(12)30-22(32)13-4-2-5-15(11-13)29-21-20(28)23(33)31(24(21)34)18-7-3-6-16(26)19(18)27/h2-11,29H,1H3,(H,30,32). The van der Waals surface area contributed by atoms with Crippen LogP contribution < -0.4 is 15.5 Å². The summed E-state index contributed by atoms with van der Waals surface area (Å²) in [5.74, 6) is -1.81. The third kappa shape index (κ3) is 4.63. The molecule has 2 N–H and O–H groups in total. The van der Waals surface area contributed by atoms with E-state index in [4.69, 9.17) is 46.4 Å². The van der Waals surface area contributed by atoms with Gasteiger partial charge < -0.3 is 10.6 Å². The van der Waals surface area contributed by atoms with Gasteiger partial charge >= 0.3 is 0 Å². The van der Waals surface area contributed by atoms with E-state index < -0.39 is 11.8 Å². The minimum atomic E-state index is -0.745. The minimum absolute atomic E-state index is 0.0488. The summed E-state index contributed by atoms with van der Waals surface area (Å²) >= 11 is 24.4. The van der Waals surface area contributed by atoms with E-state index >= 15 is 0 Å². The van der Waals surface area contributed by atoms with Crippen LogP contribution in [0.25, 0.3) is 0 Å². The fraction of sp³-hybridized carbons (Fsp3) is 0.0417. The minimum Gasteiger partial charge on any atom is -0.350 e. The quantitative estimate of drug-likeness (QED) is 0.359. The summed E-state index contributed by atoms with van der Waals surface area (Å²) < 4.78 is 0. The lowest BCUT2D eigenvalue weighted by molar-refractivity contribution is -0.120. The van der Waals surface area contributed by atoms with Gasteiger partial charge in [-0.1, -0.05) is 58.5 Å². The van der Waals surface area contributed by atoms with Crippen molar-refractivity contribution in [2.24, 2.45) is 0 Å². The van der Waals surface area contributed by atoms with Crippen molar-refractivity contribution in [2.45, 2.75) is 6.92 Å². The molecule has 34 heavy (non-hydrogen) atoms. The SMILES string of the molecule is Cc1cc(Cl)ccc1NC(=O)c1cccc(NC2=C(Cl)C(=O)N(c3cccc(Cl)c3Cl)C2=O)c1. The third-order valence-corrected chi connectivity index (χ3v) is 6.42. The molecule has 3 amide bonds. The molecule has 0 saturated carbocycles. The van der Waals surface area contributed by atoms with Gasteiger partial charge in [-0.05, 0) is 61.0 Å². The molecule has 1 aliphatic heterocycles. The number of aryl methyl sites for hydroxylation is 1. The van der Waals surface area contributed by atoms with Crippen molar-refractivity contribution in [3.63, 3.8) is 0 Å². The Balaban J connectivity index is 1.56. The first-order chi connectivity index (χ1) is 16.2. The normalized spacial score (nSPS) is 13.5. The van der Waals surface area contributed by atoms with Gasteiger partial charge in [0.1, 0.15) is 10.7 Å². The van der Waals surface area contributed by atoms with E-state index in [2.05, 4.69) is 10.6 Å². The Labute approximate surface area is 215 Å². The fourth-order valence-electron chi connectivity index (χ4n) is 3.34. The molecule has 4 rings (SSSR count). The maximum absolute atomic E-state index is 13.0. The van der Waals surface area contributed by atoms with E-state index in [0.717, 1.165) is 10.5 Å². The lowest BCUT2D eigenvalue weighted by atomic mass is 10.1. The van der Waals surface area contributed by atoms with Crippen molar-refractivity contribution in [2.75, 3.05) is 15.5 Å². The van der Waals surface area contributed by atoms with E-state index in [1.54, 1.807) is 42.5 Å². The Morgan fingerprint density at radius 2 is 1.62 bits per heavy atom. The number of halogens is 4. The Morgan fingerprint density at radius 3 is 2.35 bits per heavy atom. The van der Waals surface area contributed by atoms with E-state index in [-0.39, 0.29) is 32.4 Å². The number of carbonyl (C=O) groups excluding carboxylic acids is 3. The molecule has 0 aromatic heterocycles. The number of anilines is 3. The molecule has 0 aliphatic carbocycles. The first-order valence-electron chi connectivity index (χ1n) is 9.84. The van der Waals surface area contributed by atoms with E-state index in [0.29, 0.717) is 22.0 Å². The van der Waals surface area contributed by atoms with Gasteiger partial charge in [0.2, 0.25) is 0 Å². The van der Waals surface area contributed by atoms with E-state index in [1.165, 1.54) is 18.2 Å². The largest absolute Gasteiger partial charge is 0.350 e. The molecule has 0 unspecified atom stereocenters. The van der Waals surface area contributed by atoms with Crippen LogP contribution in [0.3, 0.4) is 0 Å². The van der Waals surface area contributed by atoms with Crippen LogP contribution in [0.2, 0.25) is 15.1 Å². The van der Waals surface area contributed by atoms with Crippen LogP contribution in [0.5, 0.6) is 0 Å². The number of hydrogen-bond acceptors (Lipinski definition) is 4. The van der Waals surface area contributed by atoms with Crippen LogP contribution in [0, 0.1) is 6.92 Å². The molecule has 0 bridgehead atoms. The average Bonchev–Trinajstić information content (AvgIpc) is 3.01. The summed E-state index contributed by atoms with van der Waals surface area (Å²) in [5.41, 5.74) is 2.10. The van der Waals surface area contributed by atoms with Crippen LogP contribution in [0.1, 0.15) is 15.9 Å². The van der Waals surface area contributed by atoms with Crippen molar-refractivity contribution < 1.29 is 14.4 Å². The van der Waals surface area contributed by atoms with Gasteiger partial charge in [0.15, 0.2) is 0 Å². The summed E-state index contributed by atoms with van der Waals surface area (Å²) in [5, 5.41) is 6.15. The van der Waals surface area contributed by atoms with Crippen molar-refractivity contribution in [3.8, 4) is 0 Å². The van der Waals surface area contributed by atoms with Crippen molar-refractivity contribution in [1.29, 1.82) is 0 Å². The zero-order valence-electron chi connectivity index (χ0n) is 17.5. The van der Waals surface area contributed by atoms with Crippen molar-refractivity contribution in [1.82, 2.24) is 0 Å². The van der Waals surface area contributed by atoms with Crippen molar-refractivity contribution >= 4 is 81.2 Å². The molecule has 6 nitrogen and oxygen atoms in total. The predicted molar refractivity (Wildman–Crippen MR) is 136 cm³/mol. The maximum Gasteiger partial charge on any atom is 0.283 e. The number of benzene rings is 3. The summed E-state index contributed by atoms with van der Waals surface area (Å²) in [4.78, 5) is 39.4. The van der Waals surface area contributed by atoms with Gasteiger partial charge in [0, 0.05) is 22.0 Å². The number of nitrogens with one attached hydrogen (secondary N) is 2. The lowest BCUT2D eigenvalue weighted by Crippen LogP contribution is -2.32. The predicted octanol–water partition coefficient (Wildman–Crippen LogP) is 6.64. The molecule has 172 valence electrons. The van der Waals surface area contributed by atoms with E-state index in [9.17, 15) is 14.4 Å². The van der Waals surface area contributed by atoms with E-state index in [1.807, 2.05) is 6.92 Å². The van der Waals surface area contributed by atoms with Gasteiger partial charge in [-0.3, -0.25) is 14.4 Å². The Kier molecular flexibility index (Phi) is 6.86. The highest BCUT2D eigenvalue weighted by atomic mass is 35.5. The molecule has 1 aliphatic rings. The number of nitrogens with zero attached hydrogens (tertiary/aromatic N) is 1. The maximum atomic E-state index is 13.0. The van der Waals surface area contributed by atoms with Gasteiger partial charge in [-0.2, -0.15) is 0 Å². The Hall–Kier alpha value is -3.03. The molecule has 3 aromatic rings. The Morgan fingerprint density at radius 1 is 0.882 bits per heavy atom. The molecule has 3 aromatic carbocycles. The highest BCUT2D eigenvalue weighted by Gasteiger charge is 2.40. The first-order valence-corrected chi connectivity index (χ1v) is 11.4. The first kappa shape index (κ1) is 24.1. The summed E-state index contributed by atoms with van der Waals surface area (Å²) in [6, 6.07) is 16.1. The number of imide groups is 1. The Bertz CT molecular complexity index is 1390. The monoisotopic (exact) mass is 533 g/mol. The molecular weight excluding hydrogens is 520 g/mol. The lowest BCUT2D eigenvalue weighted by Gasteiger charge is -2.17. The van der Waals surface area contributed by atoms with Gasteiger partial charge in [-0.15, -0.1) is 0 Å². The smallest absolute Gasteiger partial charge is 0.283 e. The second kappa shape index (κ2) is 9.68. The molecular formula is C24H15Cl4N3O3. The third-order valence-electron chi connectivity index (χ3n) is 5.03. The number of amides is 3. The molecule has 0 atom stereocenters. The highest BCUT2D eigenvalue weighted by molar-refractivity contribution is 6.54. The van der Waals surface area contributed by atoms with Gasteiger partial charge in [0.25, 0.3) is 17.7 Å².